The van der Waals surface area contributed by atoms with Crippen LogP contribution in [-0.4, -0.2) is 67.2 Å². The Balaban J connectivity index is 2.23. The van der Waals surface area contributed by atoms with Gasteiger partial charge in [0.1, 0.15) is 5.60 Å². The molecule has 2 amide bonds. The smallest absolute Gasteiger partial charge is 0.317 e. The van der Waals surface area contributed by atoms with E-state index < -0.39 is 5.60 Å². The molecule has 0 radical (unpaired) electrons. The van der Waals surface area contributed by atoms with Gasteiger partial charge >= 0.3 is 12.0 Å². The average Bonchev–Trinajstić information content (AvgIpc) is 2.34. The van der Waals surface area contributed by atoms with Crippen molar-refractivity contribution in [3.8, 4) is 0 Å². The summed E-state index contributed by atoms with van der Waals surface area (Å²) in [7, 11) is 1.64. The number of hydrogen-bond donors (Lipinski definition) is 1. The van der Waals surface area contributed by atoms with Crippen molar-refractivity contribution in [3.05, 3.63) is 0 Å². The van der Waals surface area contributed by atoms with Crippen LogP contribution in [0.4, 0.5) is 4.79 Å². The van der Waals surface area contributed by atoms with Crippen molar-refractivity contribution >= 4 is 12.0 Å². The van der Waals surface area contributed by atoms with Crippen molar-refractivity contribution in [1.29, 1.82) is 0 Å². The van der Waals surface area contributed by atoms with Crippen LogP contribution in [0.15, 0.2) is 0 Å². The number of ether oxygens (including phenoxy) is 1. The fourth-order valence-corrected chi connectivity index (χ4v) is 1.97. The van der Waals surface area contributed by atoms with Gasteiger partial charge < -0.3 is 15.0 Å². The van der Waals surface area contributed by atoms with Gasteiger partial charge in [-0.25, -0.2) is 4.79 Å². The third-order valence-corrected chi connectivity index (χ3v) is 2.93. The van der Waals surface area contributed by atoms with Crippen LogP contribution in [0.5, 0.6) is 0 Å². The number of esters is 1. The highest BCUT2D eigenvalue weighted by molar-refractivity contribution is 5.73. The standard InChI is InChI=1S/C13H25N3O3/c1-13(2,3)19-11(17)5-6-15-7-9-16(10-8-15)12(18)14-4/h5-10H2,1-4H3,(H,14,18). The molecule has 1 rings (SSSR count). The number of nitrogens with one attached hydrogen (secondary N) is 1. The molecule has 0 unspecified atom stereocenters. The number of hydrogen-bond acceptors (Lipinski definition) is 4. The van der Waals surface area contributed by atoms with Crippen molar-refractivity contribution in [3.63, 3.8) is 0 Å². The van der Waals surface area contributed by atoms with E-state index in [1.165, 1.54) is 0 Å². The van der Waals surface area contributed by atoms with Crippen LogP contribution < -0.4 is 5.32 Å². The van der Waals surface area contributed by atoms with E-state index in [1.54, 1.807) is 11.9 Å². The first kappa shape index (κ1) is 15.8. The minimum absolute atomic E-state index is 0.0354. The van der Waals surface area contributed by atoms with Gasteiger partial charge in [0.2, 0.25) is 0 Å². The Bertz CT molecular complexity index is 318. The fourth-order valence-electron chi connectivity index (χ4n) is 1.97. The highest BCUT2D eigenvalue weighted by Gasteiger charge is 2.21. The van der Waals surface area contributed by atoms with Crippen molar-refractivity contribution in [1.82, 2.24) is 15.1 Å². The number of amides is 2. The second-order valence-corrected chi connectivity index (χ2v) is 5.72. The van der Waals surface area contributed by atoms with Gasteiger partial charge in [-0.1, -0.05) is 0 Å². The molecule has 0 aromatic heterocycles. The summed E-state index contributed by atoms with van der Waals surface area (Å²) in [6, 6.07) is -0.0354. The summed E-state index contributed by atoms with van der Waals surface area (Å²) >= 11 is 0. The first-order valence-corrected chi connectivity index (χ1v) is 6.72. The summed E-state index contributed by atoms with van der Waals surface area (Å²) in [5.74, 6) is -0.166. The van der Waals surface area contributed by atoms with Crippen LogP contribution in [0.2, 0.25) is 0 Å². The van der Waals surface area contributed by atoms with Crippen molar-refractivity contribution in [2.24, 2.45) is 0 Å². The summed E-state index contributed by atoms with van der Waals surface area (Å²) in [5, 5.41) is 2.62. The number of nitrogens with zero attached hydrogens (tertiary/aromatic N) is 2. The highest BCUT2D eigenvalue weighted by atomic mass is 16.6. The Morgan fingerprint density at radius 3 is 2.21 bits per heavy atom. The maximum Gasteiger partial charge on any atom is 0.317 e. The Morgan fingerprint density at radius 2 is 1.74 bits per heavy atom. The lowest BCUT2D eigenvalue weighted by molar-refractivity contribution is -0.155. The topological polar surface area (TPSA) is 61.9 Å². The van der Waals surface area contributed by atoms with Gasteiger partial charge in [0, 0.05) is 39.8 Å². The Kier molecular flexibility index (Phi) is 5.60. The molecule has 0 saturated carbocycles. The second kappa shape index (κ2) is 6.75. The molecule has 0 spiro atoms. The van der Waals surface area contributed by atoms with Crippen molar-refractivity contribution < 1.29 is 14.3 Å². The van der Waals surface area contributed by atoms with Gasteiger partial charge in [-0.2, -0.15) is 0 Å². The van der Waals surface area contributed by atoms with Gasteiger partial charge in [-0.3, -0.25) is 9.69 Å². The molecule has 110 valence electrons. The zero-order valence-corrected chi connectivity index (χ0v) is 12.4. The van der Waals surface area contributed by atoms with Crippen LogP contribution in [0.1, 0.15) is 27.2 Å². The van der Waals surface area contributed by atoms with Gasteiger partial charge in [0.15, 0.2) is 0 Å². The third kappa shape index (κ3) is 5.92. The predicted octanol–water partition coefficient (Wildman–Crippen LogP) is 0.675. The average molecular weight is 271 g/mol. The summed E-state index contributed by atoms with van der Waals surface area (Å²) < 4.78 is 5.27. The minimum atomic E-state index is -0.422. The Hall–Kier alpha value is -1.30. The molecule has 0 aromatic rings. The molecular formula is C13H25N3O3. The quantitative estimate of drug-likeness (QED) is 0.767. The molecule has 1 N–H and O–H groups in total. The molecule has 6 nitrogen and oxygen atoms in total. The fraction of sp³-hybridized carbons (Fsp3) is 0.846. The molecule has 1 aliphatic rings. The maximum absolute atomic E-state index is 11.6. The normalized spacial score (nSPS) is 17.2. The van der Waals surface area contributed by atoms with Gasteiger partial charge in [-0.05, 0) is 20.8 Å². The number of carbonyl (C=O) groups is 2. The third-order valence-electron chi connectivity index (χ3n) is 2.93. The van der Waals surface area contributed by atoms with E-state index in [0.717, 1.165) is 13.1 Å². The predicted molar refractivity (Wildman–Crippen MR) is 72.9 cm³/mol. The summed E-state index contributed by atoms with van der Waals surface area (Å²) in [6.45, 7) is 9.30. The van der Waals surface area contributed by atoms with Crippen LogP contribution in [0, 0.1) is 0 Å². The van der Waals surface area contributed by atoms with Gasteiger partial charge in [-0.15, -0.1) is 0 Å². The van der Waals surface area contributed by atoms with Crippen molar-refractivity contribution in [2.45, 2.75) is 32.8 Å². The van der Waals surface area contributed by atoms with Gasteiger partial charge in [0.25, 0.3) is 0 Å². The number of carbonyl (C=O) groups excluding carboxylic acids is 2. The Morgan fingerprint density at radius 1 is 1.16 bits per heavy atom. The monoisotopic (exact) mass is 271 g/mol. The van der Waals surface area contributed by atoms with E-state index in [-0.39, 0.29) is 12.0 Å². The first-order chi connectivity index (χ1) is 8.81. The lowest BCUT2D eigenvalue weighted by atomic mass is 10.2. The molecule has 6 heteroatoms. The van der Waals surface area contributed by atoms with Crippen LogP contribution in [0.3, 0.4) is 0 Å². The van der Waals surface area contributed by atoms with Gasteiger partial charge in [0.05, 0.1) is 6.42 Å². The van der Waals surface area contributed by atoms with E-state index in [4.69, 9.17) is 4.74 Å². The summed E-state index contributed by atoms with van der Waals surface area (Å²) in [5.41, 5.74) is -0.422. The largest absolute Gasteiger partial charge is 0.460 e. The summed E-state index contributed by atoms with van der Waals surface area (Å²) in [4.78, 5) is 27.0. The van der Waals surface area contributed by atoms with E-state index in [9.17, 15) is 9.59 Å². The molecular weight excluding hydrogens is 246 g/mol. The number of rotatable bonds is 3. The number of piperazine rings is 1. The van der Waals surface area contributed by atoms with Crippen LogP contribution in [0.25, 0.3) is 0 Å². The Labute approximate surface area is 115 Å². The maximum atomic E-state index is 11.6. The second-order valence-electron chi connectivity index (χ2n) is 5.72. The molecule has 0 bridgehead atoms. The van der Waals surface area contributed by atoms with E-state index >= 15 is 0 Å². The zero-order chi connectivity index (χ0) is 14.5. The minimum Gasteiger partial charge on any atom is -0.460 e. The first-order valence-electron chi connectivity index (χ1n) is 6.72. The SMILES string of the molecule is CNC(=O)N1CCN(CCC(=O)OC(C)(C)C)CC1. The van der Waals surface area contributed by atoms with Crippen LogP contribution >= 0.6 is 0 Å². The molecule has 0 atom stereocenters. The van der Waals surface area contributed by atoms with Crippen LogP contribution in [-0.2, 0) is 9.53 Å². The lowest BCUT2D eigenvalue weighted by Crippen LogP contribution is -2.51. The molecule has 19 heavy (non-hydrogen) atoms. The zero-order valence-electron chi connectivity index (χ0n) is 12.4. The van der Waals surface area contributed by atoms with E-state index in [2.05, 4.69) is 10.2 Å². The van der Waals surface area contributed by atoms with E-state index in [1.807, 2.05) is 20.8 Å². The molecule has 1 aliphatic heterocycles. The highest BCUT2D eigenvalue weighted by Crippen LogP contribution is 2.09. The molecule has 0 aliphatic carbocycles. The van der Waals surface area contributed by atoms with Crippen molar-refractivity contribution in [2.75, 3.05) is 39.8 Å². The lowest BCUT2D eigenvalue weighted by Gasteiger charge is -2.34. The molecule has 1 heterocycles. The molecule has 0 aromatic carbocycles. The van der Waals surface area contributed by atoms with E-state index in [0.29, 0.717) is 26.1 Å². The molecule has 1 fully saturated rings. The molecule has 1 saturated heterocycles. The summed E-state index contributed by atoms with van der Waals surface area (Å²) in [6.07, 6.45) is 0.400. The number of urea groups is 1.